The Morgan fingerprint density at radius 3 is 2.87 bits per heavy atom. The Morgan fingerprint density at radius 2 is 2.33 bits per heavy atom. The lowest BCUT2D eigenvalue weighted by atomic mass is 9.88. The van der Waals surface area contributed by atoms with E-state index in [1.54, 1.807) is 6.20 Å². The molecule has 1 aromatic heterocycles. The van der Waals surface area contributed by atoms with Crippen LogP contribution in [0.25, 0.3) is 0 Å². The molecular formula is C11H15ClN2O. The molecule has 2 heterocycles. The fourth-order valence-corrected chi connectivity index (χ4v) is 1.86. The Labute approximate surface area is 94.8 Å². The Morgan fingerprint density at radius 1 is 1.60 bits per heavy atom. The van der Waals surface area contributed by atoms with Gasteiger partial charge in [-0.2, -0.15) is 0 Å². The average Bonchev–Trinajstić information content (AvgIpc) is 2.14. The van der Waals surface area contributed by atoms with Crippen molar-refractivity contribution in [1.82, 2.24) is 4.98 Å². The highest BCUT2D eigenvalue weighted by Gasteiger charge is 2.33. The Hall–Kier alpha value is -0.800. The molecule has 82 valence electrons. The minimum atomic E-state index is 0.242. The van der Waals surface area contributed by atoms with E-state index in [1.807, 2.05) is 13.0 Å². The summed E-state index contributed by atoms with van der Waals surface area (Å²) in [5, 5.41) is 3.89. The van der Waals surface area contributed by atoms with Gasteiger partial charge < -0.3 is 10.1 Å². The topological polar surface area (TPSA) is 34.2 Å². The molecule has 2 rings (SSSR count). The third-order valence-electron chi connectivity index (χ3n) is 2.71. The van der Waals surface area contributed by atoms with Crippen LogP contribution in [0.5, 0.6) is 0 Å². The third kappa shape index (κ3) is 2.24. The number of halogens is 1. The maximum Gasteiger partial charge on any atom is 0.152 e. The van der Waals surface area contributed by atoms with Crippen LogP contribution in [-0.2, 0) is 4.74 Å². The maximum absolute atomic E-state index is 6.01. The summed E-state index contributed by atoms with van der Waals surface area (Å²) < 4.78 is 5.20. The number of ether oxygens (including phenoxy) is 1. The summed E-state index contributed by atoms with van der Waals surface area (Å²) >= 11 is 6.01. The first-order valence-corrected chi connectivity index (χ1v) is 5.41. The van der Waals surface area contributed by atoms with Gasteiger partial charge in [0.05, 0.1) is 18.9 Å². The predicted molar refractivity (Wildman–Crippen MR) is 61.4 cm³/mol. The first kappa shape index (κ1) is 10.7. The molecule has 1 saturated heterocycles. The van der Waals surface area contributed by atoms with E-state index in [-0.39, 0.29) is 5.41 Å². The van der Waals surface area contributed by atoms with E-state index in [4.69, 9.17) is 16.3 Å². The first-order chi connectivity index (χ1) is 7.11. The molecule has 0 amide bonds. The average molecular weight is 227 g/mol. The fraction of sp³-hybridized carbons (Fsp3) is 0.545. The molecule has 4 heteroatoms. The van der Waals surface area contributed by atoms with Gasteiger partial charge in [0, 0.05) is 18.2 Å². The lowest BCUT2D eigenvalue weighted by molar-refractivity contribution is -0.0924. The summed E-state index contributed by atoms with van der Waals surface area (Å²) in [5.74, 6) is 0. The molecule has 1 aliphatic heterocycles. The summed E-state index contributed by atoms with van der Waals surface area (Å²) in [7, 11) is 0. The standard InChI is InChI=1S/C11H15ClN2O/c1-8-3-4-13-10(12)9(8)14-5-11(2)6-15-7-11/h3-4,14H,5-7H2,1-2H3. The molecule has 1 aromatic rings. The molecule has 0 atom stereocenters. The van der Waals surface area contributed by atoms with Gasteiger partial charge in [0.1, 0.15) is 0 Å². The lowest BCUT2D eigenvalue weighted by Crippen LogP contribution is -2.45. The highest BCUT2D eigenvalue weighted by atomic mass is 35.5. The van der Waals surface area contributed by atoms with Crippen molar-refractivity contribution in [3.05, 3.63) is 23.0 Å². The smallest absolute Gasteiger partial charge is 0.152 e. The summed E-state index contributed by atoms with van der Waals surface area (Å²) in [6.07, 6.45) is 1.72. The molecular weight excluding hydrogens is 212 g/mol. The zero-order valence-corrected chi connectivity index (χ0v) is 9.77. The van der Waals surface area contributed by atoms with Gasteiger partial charge in [-0.3, -0.25) is 0 Å². The first-order valence-electron chi connectivity index (χ1n) is 5.03. The van der Waals surface area contributed by atoms with Gasteiger partial charge >= 0.3 is 0 Å². The number of nitrogens with zero attached hydrogens (tertiary/aromatic N) is 1. The van der Waals surface area contributed by atoms with Gasteiger partial charge in [0.25, 0.3) is 0 Å². The van der Waals surface area contributed by atoms with Crippen LogP contribution in [0.15, 0.2) is 12.3 Å². The molecule has 15 heavy (non-hydrogen) atoms. The number of hydrogen-bond donors (Lipinski definition) is 1. The van der Waals surface area contributed by atoms with Crippen molar-refractivity contribution in [2.24, 2.45) is 5.41 Å². The van der Waals surface area contributed by atoms with Gasteiger partial charge in [0.15, 0.2) is 5.15 Å². The molecule has 0 aliphatic carbocycles. The van der Waals surface area contributed by atoms with E-state index in [9.17, 15) is 0 Å². The second kappa shape index (κ2) is 3.99. The number of pyridine rings is 1. The Bertz CT molecular complexity index is 343. The van der Waals surface area contributed by atoms with Crippen molar-refractivity contribution in [3.63, 3.8) is 0 Å². The second-order valence-electron chi connectivity index (χ2n) is 4.45. The maximum atomic E-state index is 6.01. The summed E-state index contributed by atoms with van der Waals surface area (Å²) in [4.78, 5) is 4.06. The number of hydrogen-bond acceptors (Lipinski definition) is 3. The van der Waals surface area contributed by atoms with Crippen molar-refractivity contribution < 1.29 is 4.74 Å². The van der Waals surface area contributed by atoms with Crippen LogP contribution in [0.3, 0.4) is 0 Å². The number of rotatable bonds is 3. The van der Waals surface area contributed by atoms with Gasteiger partial charge in [-0.05, 0) is 18.6 Å². The summed E-state index contributed by atoms with van der Waals surface area (Å²) in [5.41, 5.74) is 2.30. The number of anilines is 1. The largest absolute Gasteiger partial charge is 0.382 e. The van der Waals surface area contributed by atoms with Gasteiger partial charge in [-0.15, -0.1) is 0 Å². The summed E-state index contributed by atoms with van der Waals surface area (Å²) in [6.45, 7) is 6.73. The fourth-order valence-electron chi connectivity index (χ4n) is 1.59. The van der Waals surface area contributed by atoms with Crippen molar-refractivity contribution in [3.8, 4) is 0 Å². The molecule has 0 spiro atoms. The SMILES string of the molecule is Cc1ccnc(Cl)c1NCC1(C)COC1. The third-order valence-corrected chi connectivity index (χ3v) is 2.99. The number of aryl methyl sites for hydroxylation is 1. The zero-order valence-electron chi connectivity index (χ0n) is 9.01. The molecule has 3 nitrogen and oxygen atoms in total. The van der Waals surface area contributed by atoms with E-state index < -0.39 is 0 Å². The van der Waals surface area contributed by atoms with E-state index in [1.165, 1.54) is 0 Å². The monoisotopic (exact) mass is 226 g/mol. The number of nitrogens with one attached hydrogen (secondary N) is 1. The van der Waals surface area contributed by atoms with Crippen molar-refractivity contribution in [2.75, 3.05) is 25.1 Å². The van der Waals surface area contributed by atoms with Crippen LogP contribution in [0.2, 0.25) is 5.15 Å². The Kier molecular flexibility index (Phi) is 2.85. The van der Waals surface area contributed by atoms with Crippen LogP contribution in [0, 0.1) is 12.3 Å². The van der Waals surface area contributed by atoms with E-state index >= 15 is 0 Å². The molecule has 0 radical (unpaired) electrons. The molecule has 0 bridgehead atoms. The molecule has 0 unspecified atom stereocenters. The molecule has 1 aliphatic rings. The predicted octanol–water partition coefficient (Wildman–Crippen LogP) is 2.49. The Balaban J connectivity index is 2.04. The zero-order chi connectivity index (χ0) is 10.9. The minimum absolute atomic E-state index is 0.242. The molecule has 0 aromatic carbocycles. The van der Waals surface area contributed by atoms with Crippen LogP contribution in [0.1, 0.15) is 12.5 Å². The van der Waals surface area contributed by atoms with Crippen molar-refractivity contribution in [1.29, 1.82) is 0 Å². The lowest BCUT2D eigenvalue weighted by Gasteiger charge is -2.38. The van der Waals surface area contributed by atoms with E-state index in [0.717, 1.165) is 31.0 Å². The molecule has 1 fully saturated rings. The van der Waals surface area contributed by atoms with E-state index in [0.29, 0.717) is 5.15 Å². The van der Waals surface area contributed by atoms with Gasteiger partial charge in [-0.25, -0.2) is 4.98 Å². The molecule has 1 N–H and O–H groups in total. The highest BCUT2D eigenvalue weighted by Crippen LogP contribution is 2.29. The van der Waals surface area contributed by atoms with Gasteiger partial charge in [-0.1, -0.05) is 18.5 Å². The number of aromatic nitrogens is 1. The summed E-state index contributed by atoms with van der Waals surface area (Å²) in [6, 6.07) is 1.95. The van der Waals surface area contributed by atoms with Crippen molar-refractivity contribution in [2.45, 2.75) is 13.8 Å². The quantitative estimate of drug-likeness (QED) is 0.805. The van der Waals surface area contributed by atoms with Crippen LogP contribution in [0.4, 0.5) is 5.69 Å². The van der Waals surface area contributed by atoms with Crippen molar-refractivity contribution >= 4 is 17.3 Å². The normalized spacial score (nSPS) is 18.3. The molecule has 0 saturated carbocycles. The van der Waals surface area contributed by atoms with Crippen LogP contribution >= 0.6 is 11.6 Å². The van der Waals surface area contributed by atoms with Crippen LogP contribution in [-0.4, -0.2) is 24.7 Å². The van der Waals surface area contributed by atoms with E-state index in [2.05, 4.69) is 17.2 Å². The minimum Gasteiger partial charge on any atom is -0.382 e. The highest BCUT2D eigenvalue weighted by molar-refractivity contribution is 6.32. The van der Waals surface area contributed by atoms with Crippen LogP contribution < -0.4 is 5.32 Å². The van der Waals surface area contributed by atoms with Gasteiger partial charge in [0.2, 0.25) is 0 Å². The second-order valence-corrected chi connectivity index (χ2v) is 4.81.